The molecule has 0 saturated heterocycles. The summed E-state index contributed by atoms with van der Waals surface area (Å²) in [6, 6.07) is 0. The lowest BCUT2D eigenvalue weighted by atomic mass is 10.2. The molecule has 2 unspecified atom stereocenters. The minimum atomic E-state index is -1.09. The molecule has 0 aliphatic rings. The lowest BCUT2D eigenvalue weighted by molar-refractivity contribution is -0.363. The topological polar surface area (TPSA) is 47.6 Å². The molecule has 0 aliphatic heterocycles. The maximum Gasteiger partial charge on any atom is 0.274 e. The van der Waals surface area contributed by atoms with Crippen LogP contribution in [0.15, 0.2) is 0 Å². The Morgan fingerprint density at radius 3 is 2.14 bits per heavy atom. The Balaban J connectivity index is 4.01. The van der Waals surface area contributed by atoms with E-state index in [1.807, 2.05) is 27.7 Å². The molecular formula is C10H21O4. The summed E-state index contributed by atoms with van der Waals surface area (Å²) in [7, 11) is 0. The summed E-state index contributed by atoms with van der Waals surface area (Å²) in [6.07, 6.45) is -0.689. The van der Waals surface area contributed by atoms with Gasteiger partial charge in [0.05, 0.1) is 5.60 Å². The van der Waals surface area contributed by atoms with Crippen LogP contribution in [0.2, 0.25) is 0 Å². The molecule has 4 nitrogen and oxygen atoms in total. The molecule has 0 fully saturated rings. The summed E-state index contributed by atoms with van der Waals surface area (Å²) in [6.45, 7) is 8.84. The molecule has 0 rings (SSSR count). The lowest BCUT2D eigenvalue weighted by Crippen LogP contribution is -2.34. The highest BCUT2D eigenvalue weighted by atomic mass is 16.9. The molecule has 0 bridgehead atoms. The maximum absolute atomic E-state index is 11.1. The van der Waals surface area contributed by atoms with Gasteiger partial charge in [-0.05, 0) is 34.1 Å². The summed E-state index contributed by atoms with van der Waals surface area (Å²) in [5.74, 6) is 0. The molecule has 0 aliphatic carbocycles. The Bertz CT molecular complexity index is 142. The number of rotatable bonds is 6. The number of ether oxygens (including phenoxy) is 3. The van der Waals surface area contributed by atoms with Crippen molar-refractivity contribution in [2.45, 2.75) is 59.4 Å². The van der Waals surface area contributed by atoms with Crippen LogP contribution < -0.4 is 0 Å². The van der Waals surface area contributed by atoms with Crippen molar-refractivity contribution >= 4 is 0 Å². The number of hydrogen-bond donors (Lipinski definition) is 0. The zero-order valence-electron chi connectivity index (χ0n) is 9.70. The van der Waals surface area contributed by atoms with Gasteiger partial charge in [0.2, 0.25) is 0 Å². The smallest absolute Gasteiger partial charge is 0.274 e. The standard InChI is InChI=1S/C10H21O4/c1-6-8(11)13-9(12-7-2)14-10(3,4)5/h8-9H,6-7H2,1-5H3. The van der Waals surface area contributed by atoms with Crippen molar-refractivity contribution in [3.05, 3.63) is 0 Å². The van der Waals surface area contributed by atoms with Crippen LogP contribution in [0, 0.1) is 0 Å². The van der Waals surface area contributed by atoms with Gasteiger partial charge in [-0.2, -0.15) is 0 Å². The first-order valence-corrected chi connectivity index (χ1v) is 4.99. The van der Waals surface area contributed by atoms with E-state index in [-0.39, 0.29) is 5.60 Å². The first kappa shape index (κ1) is 13.8. The fourth-order valence-corrected chi connectivity index (χ4v) is 0.746. The van der Waals surface area contributed by atoms with Gasteiger partial charge in [0.1, 0.15) is 0 Å². The van der Waals surface area contributed by atoms with Crippen molar-refractivity contribution in [1.82, 2.24) is 0 Å². The second kappa shape index (κ2) is 6.35. The monoisotopic (exact) mass is 205 g/mol. The van der Waals surface area contributed by atoms with E-state index >= 15 is 0 Å². The van der Waals surface area contributed by atoms with Gasteiger partial charge in [0.25, 0.3) is 6.48 Å². The molecule has 14 heavy (non-hydrogen) atoms. The zero-order valence-corrected chi connectivity index (χ0v) is 9.70. The van der Waals surface area contributed by atoms with Crippen LogP contribution >= 0.6 is 0 Å². The van der Waals surface area contributed by atoms with Crippen LogP contribution in [0.4, 0.5) is 0 Å². The van der Waals surface area contributed by atoms with Gasteiger partial charge in [-0.15, -0.1) is 0 Å². The molecule has 85 valence electrons. The predicted molar refractivity (Wildman–Crippen MR) is 52.1 cm³/mol. The normalized spacial score (nSPS) is 16.7. The molecule has 0 aromatic heterocycles. The molecule has 1 radical (unpaired) electrons. The van der Waals surface area contributed by atoms with E-state index in [2.05, 4.69) is 0 Å². The van der Waals surface area contributed by atoms with Gasteiger partial charge >= 0.3 is 0 Å². The summed E-state index contributed by atoms with van der Waals surface area (Å²) in [5, 5.41) is 11.1. The van der Waals surface area contributed by atoms with E-state index < -0.39 is 12.8 Å². The fourth-order valence-electron chi connectivity index (χ4n) is 0.746. The zero-order chi connectivity index (χ0) is 11.2. The van der Waals surface area contributed by atoms with Gasteiger partial charge < -0.3 is 9.47 Å². The second-order valence-electron chi connectivity index (χ2n) is 3.95. The van der Waals surface area contributed by atoms with Crippen LogP contribution in [0.1, 0.15) is 41.0 Å². The lowest BCUT2D eigenvalue weighted by Gasteiger charge is -2.27. The Morgan fingerprint density at radius 2 is 1.79 bits per heavy atom. The fraction of sp³-hybridized carbons (Fsp3) is 1.00. The summed E-state index contributed by atoms with van der Waals surface area (Å²) in [5.41, 5.74) is -0.382. The molecule has 0 spiro atoms. The molecular weight excluding hydrogens is 184 g/mol. The van der Waals surface area contributed by atoms with Gasteiger partial charge in [0, 0.05) is 6.61 Å². The van der Waals surface area contributed by atoms with Crippen LogP contribution in [0.3, 0.4) is 0 Å². The first-order chi connectivity index (χ1) is 6.39. The Labute approximate surface area is 86.2 Å². The van der Waals surface area contributed by atoms with Crippen molar-refractivity contribution in [2.24, 2.45) is 0 Å². The molecule has 0 aromatic rings. The van der Waals surface area contributed by atoms with Crippen molar-refractivity contribution in [2.75, 3.05) is 6.61 Å². The van der Waals surface area contributed by atoms with Gasteiger partial charge in [-0.25, -0.2) is 5.11 Å². The van der Waals surface area contributed by atoms with E-state index in [0.29, 0.717) is 13.0 Å². The second-order valence-corrected chi connectivity index (χ2v) is 3.95. The Morgan fingerprint density at radius 1 is 1.21 bits per heavy atom. The molecule has 0 amide bonds. The SMILES string of the molecule is CCOC(OC([O])CC)OC(C)(C)C. The third-order valence-electron chi connectivity index (χ3n) is 1.35. The highest BCUT2D eigenvalue weighted by molar-refractivity contribution is 4.58. The summed E-state index contributed by atoms with van der Waals surface area (Å²) < 4.78 is 15.6. The average Bonchev–Trinajstić information content (AvgIpc) is 2.01. The number of hydrogen-bond acceptors (Lipinski definition) is 3. The van der Waals surface area contributed by atoms with Crippen LogP contribution in [0.25, 0.3) is 0 Å². The van der Waals surface area contributed by atoms with E-state index in [0.717, 1.165) is 0 Å². The third kappa shape index (κ3) is 7.26. The van der Waals surface area contributed by atoms with E-state index in [4.69, 9.17) is 14.2 Å². The van der Waals surface area contributed by atoms with E-state index in [1.54, 1.807) is 6.92 Å². The average molecular weight is 205 g/mol. The molecule has 0 heterocycles. The molecule has 4 heteroatoms. The quantitative estimate of drug-likeness (QED) is 0.625. The van der Waals surface area contributed by atoms with Crippen LogP contribution in [0.5, 0.6) is 0 Å². The van der Waals surface area contributed by atoms with Crippen molar-refractivity contribution in [3.8, 4) is 0 Å². The van der Waals surface area contributed by atoms with E-state index in [9.17, 15) is 5.11 Å². The predicted octanol–water partition coefficient (Wildman–Crippen LogP) is 2.30. The molecule has 0 N–H and O–H groups in total. The summed E-state index contributed by atoms with van der Waals surface area (Å²) in [4.78, 5) is 0. The molecule has 2 atom stereocenters. The van der Waals surface area contributed by atoms with Gasteiger partial charge in [-0.1, -0.05) is 6.92 Å². The first-order valence-electron chi connectivity index (χ1n) is 4.99. The van der Waals surface area contributed by atoms with Crippen molar-refractivity contribution in [3.63, 3.8) is 0 Å². The molecule has 0 saturated carbocycles. The minimum Gasteiger partial charge on any atom is -0.330 e. The third-order valence-corrected chi connectivity index (χ3v) is 1.35. The summed E-state index contributed by atoms with van der Waals surface area (Å²) >= 11 is 0. The Kier molecular flexibility index (Phi) is 6.27. The maximum atomic E-state index is 11.1. The highest BCUT2D eigenvalue weighted by Crippen LogP contribution is 2.14. The van der Waals surface area contributed by atoms with Gasteiger partial charge in [0.15, 0.2) is 6.29 Å². The van der Waals surface area contributed by atoms with Crippen LogP contribution in [-0.4, -0.2) is 25.0 Å². The van der Waals surface area contributed by atoms with Gasteiger partial charge in [-0.3, -0.25) is 4.74 Å². The van der Waals surface area contributed by atoms with Crippen molar-refractivity contribution < 1.29 is 19.3 Å². The Hall–Kier alpha value is -0.160. The highest BCUT2D eigenvalue weighted by Gasteiger charge is 2.22. The van der Waals surface area contributed by atoms with Crippen molar-refractivity contribution in [1.29, 1.82) is 0 Å². The van der Waals surface area contributed by atoms with E-state index in [1.165, 1.54) is 0 Å². The minimum absolute atomic E-state index is 0.382. The van der Waals surface area contributed by atoms with Crippen LogP contribution in [-0.2, 0) is 19.3 Å². The largest absolute Gasteiger partial charge is 0.330 e. The molecule has 0 aromatic carbocycles.